The number of nitrogens with two attached hydrogens (primary N) is 1. The fourth-order valence-electron chi connectivity index (χ4n) is 1.14. The molecule has 0 saturated carbocycles. The van der Waals surface area contributed by atoms with Crippen LogP contribution in [0.2, 0.25) is 0 Å². The highest BCUT2D eigenvalue weighted by Crippen LogP contribution is 2.16. The molecule has 66 valence electrons. The lowest BCUT2D eigenvalue weighted by atomic mass is 10.2. The van der Waals surface area contributed by atoms with Crippen molar-refractivity contribution in [3.8, 4) is 0 Å². The van der Waals surface area contributed by atoms with Crippen LogP contribution in [0.1, 0.15) is 6.42 Å². The third-order valence-electron chi connectivity index (χ3n) is 1.76. The summed E-state index contributed by atoms with van der Waals surface area (Å²) in [5.41, 5.74) is 6.51. The van der Waals surface area contributed by atoms with Gasteiger partial charge >= 0.3 is 0 Å². The predicted molar refractivity (Wildman–Crippen MR) is 53.6 cm³/mol. The second kappa shape index (κ2) is 2.70. The highest BCUT2D eigenvalue weighted by molar-refractivity contribution is 6.65. The molecule has 1 unspecified atom stereocenters. The summed E-state index contributed by atoms with van der Waals surface area (Å²) in [6, 6.07) is 0. The Labute approximate surface area is 75.5 Å². The van der Waals surface area contributed by atoms with Crippen molar-refractivity contribution >= 4 is 24.1 Å². The molecule has 2 heterocycles. The van der Waals surface area contributed by atoms with Gasteiger partial charge in [-0.1, -0.05) is 6.08 Å². The van der Waals surface area contributed by atoms with E-state index in [-0.39, 0.29) is 0 Å². The summed E-state index contributed by atoms with van der Waals surface area (Å²) in [5.74, 6) is -0.378. The Morgan fingerprint density at radius 2 is 2.46 bits per heavy atom. The van der Waals surface area contributed by atoms with Gasteiger partial charge in [-0.05, 0) is 0 Å². The van der Waals surface area contributed by atoms with Crippen LogP contribution in [0.5, 0.6) is 0 Å². The smallest absolute Gasteiger partial charge is 0.207 e. The molecule has 0 fully saturated rings. The molecule has 0 bridgehead atoms. The number of amidine groups is 1. The number of aliphatic imine (C=N–C) groups is 4. The zero-order valence-electron chi connectivity index (χ0n) is 7.01. The monoisotopic (exact) mass is 175 g/mol. The second-order valence-corrected chi connectivity index (χ2v) is 2.82. The maximum absolute atomic E-state index is 5.84. The van der Waals surface area contributed by atoms with E-state index >= 15 is 0 Å². The van der Waals surface area contributed by atoms with E-state index in [4.69, 9.17) is 5.73 Å². The van der Waals surface area contributed by atoms with Gasteiger partial charge in [-0.15, -0.1) is 6.58 Å². The van der Waals surface area contributed by atoms with Crippen LogP contribution in [-0.4, -0.2) is 29.9 Å². The Hall–Kier alpha value is -1.62. The number of fused-ring (bicyclic) bond motifs is 1. The summed E-state index contributed by atoms with van der Waals surface area (Å²) in [6.07, 6.45) is 5.22. The summed E-state index contributed by atoms with van der Waals surface area (Å²) in [4.78, 5) is 16.1. The molecule has 0 aromatic heterocycles. The van der Waals surface area contributed by atoms with E-state index in [2.05, 4.69) is 26.5 Å². The minimum Gasteiger partial charge on any atom is -0.288 e. The van der Waals surface area contributed by atoms with Crippen LogP contribution in [0.4, 0.5) is 0 Å². The van der Waals surface area contributed by atoms with Crippen LogP contribution in [0.25, 0.3) is 0 Å². The largest absolute Gasteiger partial charge is 0.288 e. The summed E-state index contributed by atoms with van der Waals surface area (Å²) in [5, 5.41) is 0. The van der Waals surface area contributed by atoms with E-state index in [0.29, 0.717) is 18.0 Å². The standard InChI is InChI=1S/C8H9N5/c1-2-3-8(9)12-4-6-7(13-8)11-5-10-6/h2,4-5H,1,3,9H2. The summed E-state index contributed by atoms with van der Waals surface area (Å²) >= 11 is 0. The van der Waals surface area contributed by atoms with Crippen LogP contribution >= 0.6 is 0 Å². The Balaban J connectivity index is 2.33. The number of nitrogens with zero attached hydrogens (tertiary/aromatic N) is 4. The fraction of sp³-hybridized carbons (Fsp3) is 0.250. The SMILES string of the molecule is C=CCC1(N)N=CC2=NC=NC2=N1. The van der Waals surface area contributed by atoms with Gasteiger partial charge < -0.3 is 0 Å². The molecule has 2 N–H and O–H groups in total. The van der Waals surface area contributed by atoms with Crippen molar-refractivity contribution in [1.82, 2.24) is 0 Å². The van der Waals surface area contributed by atoms with Crippen LogP contribution in [-0.2, 0) is 0 Å². The molecule has 0 aromatic carbocycles. The van der Waals surface area contributed by atoms with Gasteiger partial charge in [0, 0.05) is 6.42 Å². The second-order valence-electron chi connectivity index (χ2n) is 2.82. The summed E-state index contributed by atoms with van der Waals surface area (Å²) < 4.78 is 0. The van der Waals surface area contributed by atoms with Gasteiger partial charge in [-0.2, -0.15) is 0 Å². The lowest BCUT2D eigenvalue weighted by Crippen LogP contribution is -2.40. The third kappa shape index (κ3) is 1.33. The molecule has 0 spiro atoms. The Kier molecular flexibility index (Phi) is 1.66. The molecule has 0 aliphatic carbocycles. The van der Waals surface area contributed by atoms with Crippen molar-refractivity contribution in [3.05, 3.63) is 12.7 Å². The first-order valence-electron chi connectivity index (χ1n) is 3.89. The molecular weight excluding hydrogens is 166 g/mol. The van der Waals surface area contributed by atoms with Gasteiger partial charge in [0.05, 0.1) is 6.21 Å². The molecule has 2 aliphatic rings. The highest BCUT2D eigenvalue weighted by atomic mass is 15.3. The quantitative estimate of drug-likeness (QED) is 0.595. The van der Waals surface area contributed by atoms with Gasteiger partial charge in [0.15, 0.2) is 5.84 Å². The van der Waals surface area contributed by atoms with Crippen molar-refractivity contribution in [3.63, 3.8) is 0 Å². The zero-order chi connectivity index (χ0) is 9.31. The van der Waals surface area contributed by atoms with Crippen molar-refractivity contribution in [2.24, 2.45) is 25.7 Å². The van der Waals surface area contributed by atoms with Gasteiger partial charge in [0.25, 0.3) is 0 Å². The zero-order valence-corrected chi connectivity index (χ0v) is 7.01. The van der Waals surface area contributed by atoms with Crippen LogP contribution in [0.3, 0.4) is 0 Å². The normalized spacial score (nSPS) is 29.6. The Morgan fingerprint density at radius 3 is 3.23 bits per heavy atom. The average Bonchev–Trinajstić information content (AvgIpc) is 2.50. The Morgan fingerprint density at radius 1 is 1.62 bits per heavy atom. The first-order valence-corrected chi connectivity index (χ1v) is 3.89. The van der Waals surface area contributed by atoms with Crippen molar-refractivity contribution < 1.29 is 0 Å². The molecule has 0 amide bonds. The van der Waals surface area contributed by atoms with E-state index in [1.165, 1.54) is 6.34 Å². The maximum atomic E-state index is 5.84. The van der Waals surface area contributed by atoms with E-state index in [0.717, 1.165) is 0 Å². The van der Waals surface area contributed by atoms with Crippen LogP contribution in [0.15, 0.2) is 32.6 Å². The lowest BCUT2D eigenvalue weighted by molar-refractivity contribution is 0.478. The molecule has 0 aromatic rings. The topological polar surface area (TPSA) is 75.5 Å². The minimum absolute atomic E-state index is 0.496. The molecule has 0 saturated heterocycles. The molecular formula is C8H9N5. The van der Waals surface area contributed by atoms with Crippen LogP contribution in [0, 0.1) is 0 Å². The average molecular weight is 175 g/mol. The van der Waals surface area contributed by atoms with Crippen molar-refractivity contribution in [1.29, 1.82) is 0 Å². The molecule has 5 heteroatoms. The van der Waals surface area contributed by atoms with Crippen LogP contribution < -0.4 is 5.73 Å². The number of hydrogen-bond acceptors (Lipinski definition) is 5. The summed E-state index contributed by atoms with van der Waals surface area (Å²) in [6.45, 7) is 3.59. The lowest BCUT2D eigenvalue weighted by Gasteiger charge is -2.21. The summed E-state index contributed by atoms with van der Waals surface area (Å²) in [7, 11) is 0. The molecule has 0 radical (unpaired) electrons. The predicted octanol–water partition coefficient (Wildman–Crippen LogP) is 0.141. The van der Waals surface area contributed by atoms with Gasteiger partial charge in [-0.3, -0.25) is 5.73 Å². The van der Waals surface area contributed by atoms with Gasteiger partial charge in [0.2, 0.25) is 5.79 Å². The van der Waals surface area contributed by atoms with E-state index in [1.807, 2.05) is 0 Å². The van der Waals surface area contributed by atoms with Crippen molar-refractivity contribution in [2.45, 2.75) is 12.2 Å². The highest BCUT2D eigenvalue weighted by Gasteiger charge is 2.27. The molecule has 2 aliphatic heterocycles. The van der Waals surface area contributed by atoms with E-state index in [9.17, 15) is 0 Å². The molecule has 13 heavy (non-hydrogen) atoms. The maximum Gasteiger partial charge on any atom is 0.207 e. The molecule has 5 nitrogen and oxygen atoms in total. The van der Waals surface area contributed by atoms with E-state index < -0.39 is 5.79 Å². The minimum atomic E-state index is -0.933. The van der Waals surface area contributed by atoms with Gasteiger partial charge in [0.1, 0.15) is 12.1 Å². The first kappa shape index (κ1) is 8.00. The fourth-order valence-corrected chi connectivity index (χ4v) is 1.14. The van der Waals surface area contributed by atoms with Gasteiger partial charge in [-0.25, -0.2) is 20.0 Å². The molecule has 2 rings (SSSR count). The first-order chi connectivity index (χ1) is 6.23. The number of hydrogen-bond donors (Lipinski definition) is 1. The number of rotatable bonds is 2. The third-order valence-corrected chi connectivity index (χ3v) is 1.76. The van der Waals surface area contributed by atoms with Crippen molar-refractivity contribution in [2.75, 3.05) is 0 Å². The Bertz CT molecular complexity index is 363. The van der Waals surface area contributed by atoms with E-state index in [1.54, 1.807) is 12.3 Å². The molecule has 1 atom stereocenters.